The third kappa shape index (κ3) is 3.66. The van der Waals surface area contributed by atoms with Gasteiger partial charge in [-0.1, -0.05) is 13.8 Å². The normalized spacial score (nSPS) is 17.1. The van der Waals surface area contributed by atoms with Gasteiger partial charge >= 0.3 is 0 Å². The van der Waals surface area contributed by atoms with E-state index in [2.05, 4.69) is 33.0 Å². The second-order valence-corrected chi connectivity index (χ2v) is 6.07. The molecule has 0 saturated heterocycles. The zero-order valence-corrected chi connectivity index (χ0v) is 11.3. The van der Waals surface area contributed by atoms with Crippen molar-refractivity contribution in [3.63, 3.8) is 0 Å². The molecule has 0 aromatic rings. The summed E-state index contributed by atoms with van der Waals surface area (Å²) in [7, 11) is 1.92. The van der Waals surface area contributed by atoms with Crippen LogP contribution in [-0.2, 0) is 9.59 Å². The first-order valence-corrected chi connectivity index (χ1v) is 5.89. The first kappa shape index (κ1) is 13.9. The molecule has 2 amide bonds. The molecule has 1 rings (SSSR count). The fraction of sp³-hybridized carbons (Fsp3) is 0.692. The molecule has 0 unspecified atom stereocenters. The molecule has 96 valence electrons. The molecule has 17 heavy (non-hydrogen) atoms. The highest BCUT2D eigenvalue weighted by Gasteiger charge is 2.33. The zero-order chi connectivity index (χ0) is 13.3. The van der Waals surface area contributed by atoms with Crippen molar-refractivity contribution in [2.45, 2.75) is 39.7 Å². The minimum atomic E-state index is -0.203. The van der Waals surface area contributed by atoms with Gasteiger partial charge < -0.3 is 5.32 Å². The Kier molecular flexibility index (Phi) is 3.77. The lowest BCUT2D eigenvalue weighted by atomic mass is 9.79. The smallest absolute Gasteiger partial charge is 0.253 e. The number of rotatable bonds is 5. The first-order chi connectivity index (χ1) is 7.67. The summed E-state index contributed by atoms with van der Waals surface area (Å²) in [5.74, 6) is -0.407. The van der Waals surface area contributed by atoms with Gasteiger partial charge in [-0.3, -0.25) is 14.5 Å². The molecule has 0 atom stereocenters. The number of hydrogen-bond acceptors (Lipinski definition) is 3. The van der Waals surface area contributed by atoms with E-state index in [4.69, 9.17) is 0 Å². The average Bonchev–Trinajstić information content (AvgIpc) is 2.47. The number of hydrogen-bond donors (Lipinski definition) is 1. The summed E-state index contributed by atoms with van der Waals surface area (Å²) in [5.41, 5.74) is -0.118. The lowest BCUT2D eigenvalue weighted by Gasteiger charge is -2.36. The predicted molar refractivity (Wildman–Crippen MR) is 67.4 cm³/mol. The van der Waals surface area contributed by atoms with Crippen LogP contribution in [0.2, 0.25) is 0 Å². The summed E-state index contributed by atoms with van der Waals surface area (Å²) in [5, 5.41) is 3.24. The van der Waals surface area contributed by atoms with E-state index in [1.807, 2.05) is 7.05 Å². The summed E-state index contributed by atoms with van der Waals surface area (Å²) in [6.45, 7) is 8.83. The Morgan fingerprint density at radius 2 is 1.59 bits per heavy atom. The minimum Gasteiger partial charge on any atom is -0.315 e. The Bertz CT molecular complexity index is 338. The van der Waals surface area contributed by atoms with Crippen LogP contribution in [0.1, 0.15) is 34.1 Å². The van der Waals surface area contributed by atoms with Crippen molar-refractivity contribution in [1.82, 2.24) is 10.2 Å². The van der Waals surface area contributed by atoms with Crippen molar-refractivity contribution in [2.24, 2.45) is 5.41 Å². The fourth-order valence-electron chi connectivity index (χ4n) is 2.36. The van der Waals surface area contributed by atoms with Gasteiger partial charge in [0, 0.05) is 24.2 Å². The summed E-state index contributed by atoms with van der Waals surface area (Å²) in [4.78, 5) is 24.3. The lowest BCUT2D eigenvalue weighted by Crippen LogP contribution is -2.45. The van der Waals surface area contributed by atoms with Crippen LogP contribution in [0.3, 0.4) is 0 Å². The Hall–Kier alpha value is -1.16. The Morgan fingerprint density at radius 3 is 2.00 bits per heavy atom. The number of amides is 2. The molecular formula is C13H22N2O2. The SMILES string of the molecule is CNC(C)(C)CC(C)(C)CN1C(=O)C=CC1=O. The number of carbonyl (C=O) groups excluding carboxylic acids is 2. The number of imide groups is 1. The number of carbonyl (C=O) groups is 2. The maximum absolute atomic E-state index is 11.5. The van der Waals surface area contributed by atoms with E-state index in [0.29, 0.717) is 6.54 Å². The second-order valence-electron chi connectivity index (χ2n) is 6.07. The monoisotopic (exact) mass is 238 g/mol. The van der Waals surface area contributed by atoms with Crippen LogP contribution < -0.4 is 5.32 Å². The van der Waals surface area contributed by atoms with E-state index in [1.165, 1.54) is 17.1 Å². The lowest BCUT2D eigenvalue weighted by molar-refractivity contribution is -0.138. The van der Waals surface area contributed by atoms with E-state index >= 15 is 0 Å². The third-order valence-corrected chi connectivity index (χ3v) is 3.08. The van der Waals surface area contributed by atoms with Crippen LogP contribution >= 0.6 is 0 Å². The Morgan fingerprint density at radius 1 is 1.12 bits per heavy atom. The van der Waals surface area contributed by atoms with Gasteiger partial charge in [-0.2, -0.15) is 0 Å². The number of nitrogens with zero attached hydrogens (tertiary/aromatic N) is 1. The van der Waals surface area contributed by atoms with Crippen molar-refractivity contribution in [3.05, 3.63) is 12.2 Å². The van der Waals surface area contributed by atoms with Crippen LogP contribution in [0.15, 0.2) is 12.2 Å². The zero-order valence-electron chi connectivity index (χ0n) is 11.3. The molecule has 0 aromatic carbocycles. The Balaban J connectivity index is 2.67. The van der Waals surface area contributed by atoms with Crippen molar-refractivity contribution in [3.8, 4) is 0 Å². The van der Waals surface area contributed by atoms with E-state index in [1.54, 1.807) is 0 Å². The van der Waals surface area contributed by atoms with Gasteiger partial charge in [-0.15, -0.1) is 0 Å². The maximum Gasteiger partial charge on any atom is 0.253 e. The summed E-state index contributed by atoms with van der Waals surface area (Å²) in [6, 6.07) is 0. The molecule has 0 spiro atoms. The minimum absolute atomic E-state index is 0.0112. The van der Waals surface area contributed by atoms with Crippen molar-refractivity contribution in [2.75, 3.05) is 13.6 Å². The predicted octanol–water partition coefficient (Wildman–Crippen LogP) is 1.33. The van der Waals surface area contributed by atoms with E-state index < -0.39 is 0 Å². The highest BCUT2D eigenvalue weighted by molar-refractivity contribution is 6.12. The maximum atomic E-state index is 11.5. The van der Waals surface area contributed by atoms with Gasteiger partial charge in [0.1, 0.15) is 0 Å². The van der Waals surface area contributed by atoms with Gasteiger partial charge in [0.2, 0.25) is 0 Å². The van der Waals surface area contributed by atoms with E-state index in [-0.39, 0.29) is 22.8 Å². The topological polar surface area (TPSA) is 49.4 Å². The van der Waals surface area contributed by atoms with Crippen molar-refractivity contribution < 1.29 is 9.59 Å². The largest absolute Gasteiger partial charge is 0.315 e. The van der Waals surface area contributed by atoms with Gasteiger partial charge in [-0.25, -0.2) is 0 Å². The van der Waals surface area contributed by atoms with Gasteiger partial charge in [-0.05, 0) is 32.7 Å². The molecule has 0 fully saturated rings. The third-order valence-electron chi connectivity index (χ3n) is 3.08. The summed E-state index contributed by atoms with van der Waals surface area (Å²) in [6.07, 6.45) is 3.55. The molecule has 0 radical (unpaired) electrons. The molecular weight excluding hydrogens is 216 g/mol. The molecule has 4 heteroatoms. The van der Waals surface area contributed by atoms with Gasteiger partial charge in [0.05, 0.1) is 0 Å². The van der Waals surface area contributed by atoms with Gasteiger partial charge in [0.25, 0.3) is 11.8 Å². The van der Waals surface area contributed by atoms with Crippen LogP contribution in [0, 0.1) is 5.41 Å². The molecule has 0 saturated carbocycles. The van der Waals surface area contributed by atoms with Crippen molar-refractivity contribution >= 4 is 11.8 Å². The molecule has 1 N–H and O–H groups in total. The van der Waals surface area contributed by atoms with Crippen molar-refractivity contribution in [1.29, 1.82) is 0 Å². The fourth-order valence-corrected chi connectivity index (χ4v) is 2.36. The molecule has 1 aliphatic rings. The highest BCUT2D eigenvalue weighted by Crippen LogP contribution is 2.29. The van der Waals surface area contributed by atoms with Crippen LogP contribution in [-0.4, -0.2) is 35.8 Å². The molecule has 0 aliphatic carbocycles. The van der Waals surface area contributed by atoms with E-state index in [0.717, 1.165) is 6.42 Å². The second kappa shape index (κ2) is 4.61. The van der Waals surface area contributed by atoms with Crippen LogP contribution in [0.5, 0.6) is 0 Å². The standard InChI is InChI=1S/C13H22N2O2/c1-12(2,8-13(3,4)14-5)9-15-10(16)6-7-11(15)17/h6-7,14H,8-9H2,1-5H3. The number of nitrogens with one attached hydrogen (secondary N) is 1. The molecule has 0 aromatic heterocycles. The van der Waals surface area contributed by atoms with Crippen LogP contribution in [0.4, 0.5) is 0 Å². The average molecular weight is 238 g/mol. The molecule has 1 heterocycles. The first-order valence-electron chi connectivity index (χ1n) is 5.89. The summed E-state index contributed by atoms with van der Waals surface area (Å²) < 4.78 is 0. The highest BCUT2D eigenvalue weighted by atomic mass is 16.2. The summed E-state index contributed by atoms with van der Waals surface area (Å²) >= 11 is 0. The van der Waals surface area contributed by atoms with Crippen LogP contribution in [0.25, 0.3) is 0 Å². The quantitative estimate of drug-likeness (QED) is 0.735. The van der Waals surface area contributed by atoms with Gasteiger partial charge in [0.15, 0.2) is 0 Å². The van der Waals surface area contributed by atoms with E-state index in [9.17, 15) is 9.59 Å². The Labute approximate surface area is 103 Å². The molecule has 1 aliphatic heterocycles. The molecule has 4 nitrogen and oxygen atoms in total. The molecule has 0 bridgehead atoms.